The summed E-state index contributed by atoms with van der Waals surface area (Å²) >= 11 is 0. The number of methoxy groups -OCH3 is 1. The molecular formula is C33H45NO6. The first-order valence-corrected chi connectivity index (χ1v) is 15.4. The van der Waals surface area contributed by atoms with E-state index in [2.05, 4.69) is 17.2 Å². The molecule has 0 radical (unpaired) electrons. The van der Waals surface area contributed by atoms with Crippen LogP contribution in [0, 0.1) is 41.4 Å². The zero-order valence-electron chi connectivity index (χ0n) is 23.7. The molecule has 4 N–H and O–H groups in total. The Labute approximate surface area is 238 Å². The number of aromatic hydroxyl groups is 1. The quantitative estimate of drug-likeness (QED) is 0.362. The topological polar surface area (TPSA) is 116 Å². The van der Waals surface area contributed by atoms with Crippen LogP contribution in [0.25, 0.3) is 0 Å². The maximum Gasteiger partial charge on any atom is 0.160 e. The van der Waals surface area contributed by atoms with Crippen molar-refractivity contribution >= 4 is 11.6 Å². The van der Waals surface area contributed by atoms with E-state index in [9.17, 15) is 24.9 Å². The minimum absolute atomic E-state index is 0.0367. The van der Waals surface area contributed by atoms with Crippen molar-refractivity contribution in [3.63, 3.8) is 0 Å². The van der Waals surface area contributed by atoms with Gasteiger partial charge in [-0.2, -0.15) is 0 Å². The van der Waals surface area contributed by atoms with Gasteiger partial charge in [0.15, 0.2) is 17.3 Å². The molecular weight excluding hydrogens is 506 g/mol. The van der Waals surface area contributed by atoms with Gasteiger partial charge in [-0.3, -0.25) is 9.59 Å². The minimum atomic E-state index is -0.807. The Morgan fingerprint density at radius 3 is 2.73 bits per heavy atom. The molecule has 7 nitrogen and oxygen atoms in total. The number of phenols is 1. The zero-order chi connectivity index (χ0) is 28.2. The fourth-order valence-corrected chi connectivity index (χ4v) is 8.01. The highest BCUT2D eigenvalue weighted by Crippen LogP contribution is 2.46. The molecule has 0 amide bonds. The van der Waals surface area contributed by atoms with Gasteiger partial charge in [0.1, 0.15) is 11.7 Å². The maximum absolute atomic E-state index is 13.3. The van der Waals surface area contributed by atoms with Crippen molar-refractivity contribution in [2.45, 2.75) is 95.1 Å². The number of ether oxygens (including phenoxy) is 1. The SMILES string of the molecule is COc1cc2c(cc1O)C(CCCO)C#CC(C(O)CCC1CCC3C(CNC4CC(=O)CCC43)C1)C(=O)CC2. The molecule has 1 aromatic rings. The van der Waals surface area contributed by atoms with Gasteiger partial charge in [-0.25, -0.2) is 0 Å². The Hall–Kier alpha value is -2.40. The Bertz CT molecular complexity index is 1140. The van der Waals surface area contributed by atoms with Crippen LogP contribution in [0.4, 0.5) is 0 Å². The van der Waals surface area contributed by atoms with E-state index in [4.69, 9.17) is 4.74 Å². The van der Waals surface area contributed by atoms with Crippen LogP contribution in [0.15, 0.2) is 12.1 Å². The predicted octanol–water partition coefficient (Wildman–Crippen LogP) is 3.91. The molecule has 1 aliphatic heterocycles. The standard InChI is InChI=1S/C33H45NO6/c1-40-33-16-22-7-13-31(38)27(10-6-21(3-2-14-35)28(22)18-32(33)39)30(37)12-5-20-4-9-25-23(15-20)19-34-29-17-24(36)8-11-26(25)29/h16,18,20-21,23,25-27,29-30,34-35,37,39H,2-5,7-9,11-15,17,19H2,1H3. The maximum atomic E-state index is 13.3. The fraction of sp³-hybridized carbons (Fsp3) is 0.697. The molecule has 3 aliphatic carbocycles. The molecule has 0 spiro atoms. The molecule has 218 valence electrons. The van der Waals surface area contributed by atoms with Crippen LogP contribution in [0.2, 0.25) is 0 Å². The van der Waals surface area contributed by atoms with Gasteiger partial charge in [0.2, 0.25) is 0 Å². The molecule has 1 saturated heterocycles. The van der Waals surface area contributed by atoms with E-state index in [0.717, 1.165) is 49.8 Å². The second-order valence-corrected chi connectivity index (χ2v) is 12.6. The van der Waals surface area contributed by atoms with Crippen molar-refractivity contribution in [3.8, 4) is 23.3 Å². The summed E-state index contributed by atoms with van der Waals surface area (Å²) in [7, 11) is 1.50. The van der Waals surface area contributed by atoms with Gasteiger partial charge in [-0.1, -0.05) is 18.3 Å². The molecule has 40 heavy (non-hydrogen) atoms. The molecule has 1 heterocycles. The monoisotopic (exact) mass is 551 g/mol. The smallest absolute Gasteiger partial charge is 0.160 e. The third-order valence-corrected chi connectivity index (χ3v) is 10.2. The van der Waals surface area contributed by atoms with E-state index < -0.39 is 12.0 Å². The number of aliphatic hydroxyl groups excluding tert-OH is 2. The number of phenolic OH excluding ortho intramolecular Hbond substituents is 1. The number of nitrogens with one attached hydrogen (secondary N) is 1. The van der Waals surface area contributed by atoms with Crippen LogP contribution in [-0.2, 0) is 16.0 Å². The van der Waals surface area contributed by atoms with Crippen LogP contribution in [0.5, 0.6) is 11.5 Å². The van der Waals surface area contributed by atoms with Gasteiger partial charge in [0, 0.05) is 37.8 Å². The van der Waals surface area contributed by atoms with Gasteiger partial charge in [0.05, 0.1) is 13.2 Å². The third kappa shape index (κ3) is 6.40. The summed E-state index contributed by atoms with van der Waals surface area (Å²) in [6.07, 6.45) is 8.52. The lowest BCUT2D eigenvalue weighted by molar-refractivity contribution is -0.124. The normalized spacial score (nSPS) is 32.7. The molecule has 0 bridgehead atoms. The van der Waals surface area contributed by atoms with Gasteiger partial charge in [-0.05, 0) is 105 Å². The number of aliphatic hydroxyl groups is 2. The van der Waals surface area contributed by atoms with Crippen molar-refractivity contribution in [2.75, 3.05) is 20.3 Å². The number of aryl methyl sites for hydroxylation is 1. The number of Topliss-reactive ketones (excluding diaryl/α,β-unsaturated/α-hetero) is 2. The number of ketones is 2. The van der Waals surface area contributed by atoms with E-state index >= 15 is 0 Å². The molecule has 2 saturated carbocycles. The summed E-state index contributed by atoms with van der Waals surface area (Å²) in [5.41, 5.74) is 1.78. The van der Waals surface area contributed by atoms with E-state index in [-0.39, 0.29) is 30.5 Å². The number of benzene rings is 1. The first kappa shape index (κ1) is 29.1. The Balaban J connectivity index is 1.23. The van der Waals surface area contributed by atoms with E-state index in [0.29, 0.717) is 73.4 Å². The molecule has 4 aliphatic rings. The lowest BCUT2D eigenvalue weighted by Crippen LogP contribution is -2.54. The molecule has 8 unspecified atom stereocenters. The molecule has 5 rings (SSSR count). The largest absolute Gasteiger partial charge is 0.504 e. The van der Waals surface area contributed by atoms with Crippen molar-refractivity contribution in [2.24, 2.45) is 29.6 Å². The number of hydrogen-bond donors (Lipinski definition) is 4. The van der Waals surface area contributed by atoms with Crippen molar-refractivity contribution in [1.29, 1.82) is 0 Å². The number of carbonyl (C=O) groups excluding carboxylic acids is 2. The summed E-state index contributed by atoms with van der Waals surface area (Å²) in [5, 5.41) is 34.8. The average Bonchev–Trinajstić information content (AvgIpc) is 3.02. The number of carbonyl (C=O) groups is 2. The van der Waals surface area contributed by atoms with Gasteiger partial charge in [0.25, 0.3) is 0 Å². The molecule has 7 heteroatoms. The highest BCUT2D eigenvalue weighted by molar-refractivity contribution is 5.85. The van der Waals surface area contributed by atoms with Crippen LogP contribution >= 0.6 is 0 Å². The highest BCUT2D eigenvalue weighted by Gasteiger charge is 2.44. The first-order chi connectivity index (χ1) is 19.4. The van der Waals surface area contributed by atoms with Crippen molar-refractivity contribution < 1.29 is 29.6 Å². The van der Waals surface area contributed by atoms with Crippen molar-refractivity contribution in [3.05, 3.63) is 23.3 Å². The number of fused-ring (bicyclic) bond motifs is 4. The molecule has 8 atom stereocenters. The second-order valence-electron chi connectivity index (χ2n) is 12.6. The number of piperidine rings is 1. The van der Waals surface area contributed by atoms with E-state index in [1.54, 1.807) is 12.1 Å². The van der Waals surface area contributed by atoms with E-state index in [1.165, 1.54) is 13.5 Å². The van der Waals surface area contributed by atoms with Gasteiger partial charge in [-0.15, -0.1) is 0 Å². The molecule has 1 aromatic carbocycles. The van der Waals surface area contributed by atoms with E-state index in [1.807, 2.05) is 0 Å². The minimum Gasteiger partial charge on any atom is -0.504 e. The first-order valence-electron chi connectivity index (χ1n) is 15.4. The number of hydrogen-bond acceptors (Lipinski definition) is 7. The van der Waals surface area contributed by atoms with Gasteiger partial charge >= 0.3 is 0 Å². The zero-order valence-corrected chi connectivity index (χ0v) is 23.7. The summed E-state index contributed by atoms with van der Waals surface area (Å²) in [6, 6.07) is 3.83. The third-order valence-electron chi connectivity index (χ3n) is 10.2. The fourth-order valence-electron chi connectivity index (χ4n) is 8.01. The van der Waals surface area contributed by atoms with Crippen LogP contribution in [0.1, 0.15) is 87.7 Å². The lowest BCUT2D eigenvalue weighted by Gasteiger charge is -2.49. The molecule has 3 fully saturated rings. The Kier molecular flexibility index (Phi) is 9.50. The second kappa shape index (κ2) is 13.1. The summed E-state index contributed by atoms with van der Waals surface area (Å²) < 4.78 is 5.30. The molecule has 0 aromatic heterocycles. The Morgan fingerprint density at radius 2 is 1.93 bits per heavy atom. The van der Waals surface area contributed by atoms with Crippen LogP contribution in [-0.4, -0.2) is 59.3 Å². The highest BCUT2D eigenvalue weighted by atomic mass is 16.5. The van der Waals surface area contributed by atoms with Crippen LogP contribution < -0.4 is 10.1 Å². The lowest BCUT2D eigenvalue weighted by atomic mass is 9.61. The predicted molar refractivity (Wildman–Crippen MR) is 152 cm³/mol. The Morgan fingerprint density at radius 1 is 1.07 bits per heavy atom. The summed E-state index contributed by atoms with van der Waals surface area (Å²) in [6.45, 7) is 1.03. The summed E-state index contributed by atoms with van der Waals surface area (Å²) in [5.74, 6) is 8.70. The number of rotatable bonds is 8. The average molecular weight is 552 g/mol. The van der Waals surface area contributed by atoms with Gasteiger partial charge < -0.3 is 25.4 Å². The van der Waals surface area contributed by atoms with Crippen molar-refractivity contribution in [1.82, 2.24) is 5.32 Å². The summed E-state index contributed by atoms with van der Waals surface area (Å²) in [4.78, 5) is 25.2. The van der Waals surface area contributed by atoms with Crippen LogP contribution in [0.3, 0.4) is 0 Å².